The second-order valence-electron chi connectivity index (χ2n) is 11.1. The fraction of sp³-hybridized carbons (Fsp3) is 0.500. The van der Waals surface area contributed by atoms with Crippen LogP contribution in [-0.4, -0.2) is 20.8 Å². The van der Waals surface area contributed by atoms with Crippen LogP contribution in [-0.2, 0) is 25.7 Å². The molecule has 32 heavy (non-hydrogen) atoms. The SMILES string of the molecule is CC(C)(C)OP(OCn1c(-c2ccc(C(C)(C)C)cc2)nc2ccccc21)OC(C)(C)C. The van der Waals surface area contributed by atoms with E-state index in [-0.39, 0.29) is 23.3 Å². The molecule has 0 fully saturated rings. The first-order valence-electron chi connectivity index (χ1n) is 11.1. The zero-order valence-corrected chi connectivity index (χ0v) is 21.8. The lowest BCUT2D eigenvalue weighted by atomic mass is 9.87. The van der Waals surface area contributed by atoms with Crippen molar-refractivity contribution >= 4 is 19.6 Å². The van der Waals surface area contributed by atoms with E-state index >= 15 is 0 Å². The molecule has 3 rings (SSSR count). The molecule has 0 bridgehead atoms. The molecule has 1 heterocycles. The molecule has 0 radical (unpaired) electrons. The van der Waals surface area contributed by atoms with Crippen LogP contribution >= 0.6 is 8.60 Å². The van der Waals surface area contributed by atoms with Crippen LogP contribution in [0.25, 0.3) is 22.4 Å². The second-order valence-corrected chi connectivity index (χ2v) is 12.1. The summed E-state index contributed by atoms with van der Waals surface area (Å²) in [4.78, 5) is 4.91. The third-order valence-electron chi connectivity index (χ3n) is 4.65. The number of hydrogen-bond acceptors (Lipinski definition) is 4. The lowest BCUT2D eigenvalue weighted by Gasteiger charge is -2.30. The molecule has 174 valence electrons. The van der Waals surface area contributed by atoms with E-state index in [0.717, 1.165) is 22.4 Å². The van der Waals surface area contributed by atoms with E-state index in [1.54, 1.807) is 0 Å². The van der Waals surface area contributed by atoms with Crippen LogP contribution in [0.3, 0.4) is 0 Å². The molecule has 6 heteroatoms. The minimum atomic E-state index is -1.55. The Bertz CT molecular complexity index is 1020. The zero-order chi connectivity index (χ0) is 23.7. The van der Waals surface area contributed by atoms with E-state index in [9.17, 15) is 0 Å². The van der Waals surface area contributed by atoms with Gasteiger partial charge in [-0.1, -0.05) is 57.2 Å². The Labute approximate surface area is 194 Å². The summed E-state index contributed by atoms with van der Waals surface area (Å²) in [6.45, 7) is 19.0. The van der Waals surface area contributed by atoms with E-state index in [4.69, 9.17) is 18.6 Å². The monoisotopic (exact) mass is 456 g/mol. The maximum atomic E-state index is 6.23. The predicted octanol–water partition coefficient (Wildman–Crippen LogP) is 7.83. The lowest BCUT2D eigenvalue weighted by molar-refractivity contribution is 0.0242. The topological polar surface area (TPSA) is 45.5 Å². The molecule has 0 aliphatic rings. The summed E-state index contributed by atoms with van der Waals surface area (Å²) in [7, 11) is -1.55. The highest BCUT2D eigenvalue weighted by Gasteiger charge is 2.28. The molecule has 0 saturated heterocycles. The minimum Gasteiger partial charge on any atom is -0.306 e. The normalized spacial score (nSPS) is 13.3. The third kappa shape index (κ3) is 6.62. The van der Waals surface area contributed by atoms with E-state index in [2.05, 4.69) is 55.7 Å². The molecule has 2 aromatic carbocycles. The van der Waals surface area contributed by atoms with E-state index in [1.807, 2.05) is 59.7 Å². The molecule has 0 N–H and O–H groups in total. The molecule has 0 atom stereocenters. The summed E-state index contributed by atoms with van der Waals surface area (Å²) < 4.78 is 20.5. The van der Waals surface area contributed by atoms with Gasteiger partial charge in [0.15, 0.2) is 0 Å². The number of benzene rings is 2. The van der Waals surface area contributed by atoms with Gasteiger partial charge in [0.1, 0.15) is 12.6 Å². The van der Waals surface area contributed by atoms with Crippen LogP contribution in [0.1, 0.15) is 67.9 Å². The van der Waals surface area contributed by atoms with Crippen LogP contribution in [0.15, 0.2) is 48.5 Å². The molecule has 0 unspecified atom stereocenters. The molecule has 0 aliphatic carbocycles. The van der Waals surface area contributed by atoms with Gasteiger partial charge in [0.2, 0.25) is 0 Å². The van der Waals surface area contributed by atoms with Crippen molar-refractivity contribution in [3.8, 4) is 11.4 Å². The first-order valence-corrected chi connectivity index (χ1v) is 12.2. The highest BCUT2D eigenvalue weighted by Crippen LogP contribution is 2.48. The molecule has 0 amide bonds. The average molecular weight is 457 g/mol. The Balaban J connectivity index is 1.95. The number of rotatable bonds is 6. The summed E-state index contributed by atoms with van der Waals surface area (Å²) >= 11 is 0. The molecule has 5 nitrogen and oxygen atoms in total. The van der Waals surface area contributed by atoms with Gasteiger partial charge in [0.05, 0.1) is 22.2 Å². The number of hydrogen-bond donors (Lipinski definition) is 0. The van der Waals surface area contributed by atoms with Gasteiger partial charge in [-0.05, 0) is 64.7 Å². The molecule has 3 aromatic rings. The third-order valence-corrected chi connectivity index (χ3v) is 6.37. The number of imidazole rings is 1. The Hall–Kier alpha value is -1.78. The van der Waals surface area contributed by atoms with Crippen molar-refractivity contribution in [3.05, 3.63) is 54.1 Å². The van der Waals surface area contributed by atoms with Crippen LogP contribution in [0.5, 0.6) is 0 Å². The Morgan fingerprint density at radius 2 is 1.34 bits per heavy atom. The summed E-state index contributed by atoms with van der Waals surface area (Å²) in [6, 6.07) is 16.8. The largest absolute Gasteiger partial charge is 0.335 e. The number of aromatic nitrogens is 2. The smallest absolute Gasteiger partial charge is 0.306 e. The van der Waals surface area contributed by atoms with Crippen molar-refractivity contribution in [2.24, 2.45) is 0 Å². The maximum absolute atomic E-state index is 6.23. The molecule has 0 saturated carbocycles. The van der Waals surface area contributed by atoms with Gasteiger partial charge in [-0.3, -0.25) is 9.09 Å². The standard InChI is InChI=1S/C26H37N2O3P/c1-24(2,3)20-16-14-19(15-17-20)23-27-21-12-10-11-13-22(21)28(23)18-29-32(30-25(4,5)6)31-26(7,8)9/h10-17H,18H2,1-9H3. The quantitative estimate of drug-likeness (QED) is 0.355. The van der Waals surface area contributed by atoms with Gasteiger partial charge in [0.25, 0.3) is 0 Å². The Morgan fingerprint density at radius 1 is 0.781 bits per heavy atom. The van der Waals surface area contributed by atoms with E-state index in [1.165, 1.54) is 5.56 Å². The van der Waals surface area contributed by atoms with Crippen LogP contribution in [0.4, 0.5) is 0 Å². The van der Waals surface area contributed by atoms with Crippen molar-refractivity contribution in [3.63, 3.8) is 0 Å². The fourth-order valence-electron chi connectivity index (χ4n) is 3.17. The molecular formula is C26H37N2O3P. The Morgan fingerprint density at radius 3 is 1.88 bits per heavy atom. The number of nitrogens with zero attached hydrogens (tertiary/aromatic N) is 2. The van der Waals surface area contributed by atoms with Crippen LogP contribution in [0, 0.1) is 0 Å². The van der Waals surface area contributed by atoms with Crippen molar-refractivity contribution in [2.75, 3.05) is 0 Å². The predicted molar refractivity (Wildman–Crippen MR) is 134 cm³/mol. The van der Waals surface area contributed by atoms with Gasteiger partial charge in [0, 0.05) is 5.56 Å². The fourth-order valence-corrected chi connectivity index (χ4v) is 4.42. The average Bonchev–Trinajstić information content (AvgIpc) is 3.02. The van der Waals surface area contributed by atoms with Crippen molar-refractivity contribution < 1.29 is 13.6 Å². The van der Waals surface area contributed by atoms with Crippen molar-refractivity contribution in [1.29, 1.82) is 0 Å². The summed E-state index contributed by atoms with van der Waals surface area (Å²) in [5.74, 6) is 0.869. The van der Waals surface area contributed by atoms with E-state index in [0.29, 0.717) is 0 Å². The zero-order valence-electron chi connectivity index (χ0n) is 20.9. The van der Waals surface area contributed by atoms with Gasteiger partial charge in [-0.25, -0.2) is 4.98 Å². The van der Waals surface area contributed by atoms with Gasteiger partial charge >= 0.3 is 8.60 Å². The molecule has 0 spiro atoms. The first-order chi connectivity index (χ1) is 14.7. The molecule has 1 aromatic heterocycles. The number of para-hydroxylation sites is 2. The van der Waals surface area contributed by atoms with Gasteiger partial charge < -0.3 is 9.05 Å². The first kappa shape index (κ1) is 24.9. The van der Waals surface area contributed by atoms with Crippen molar-refractivity contribution in [1.82, 2.24) is 9.55 Å². The van der Waals surface area contributed by atoms with E-state index < -0.39 is 8.60 Å². The molecule has 0 aliphatic heterocycles. The number of fused-ring (bicyclic) bond motifs is 1. The maximum Gasteiger partial charge on any atom is 0.335 e. The molecular weight excluding hydrogens is 419 g/mol. The van der Waals surface area contributed by atoms with Crippen LogP contribution < -0.4 is 0 Å². The van der Waals surface area contributed by atoms with Gasteiger partial charge in [-0.15, -0.1) is 0 Å². The summed E-state index contributed by atoms with van der Waals surface area (Å²) in [5.41, 5.74) is 3.65. The van der Waals surface area contributed by atoms with Gasteiger partial charge in [-0.2, -0.15) is 0 Å². The second kappa shape index (κ2) is 9.23. The highest BCUT2D eigenvalue weighted by atomic mass is 31.2. The summed E-state index contributed by atoms with van der Waals surface area (Å²) in [5, 5.41) is 0. The Kier molecular flexibility index (Phi) is 7.17. The highest BCUT2D eigenvalue weighted by molar-refractivity contribution is 7.41. The van der Waals surface area contributed by atoms with Crippen molar-refractivity contribution in [2.45, 2.75) is 85.7 Å². The summed E-state index contributed by atoms with van der Waals surface area (Å²) in [6.07, 6.45) is 0. The minimum absolute atomic E-state index is 0.103. The van der Waals surface area contributed by atoms with Crippen LogP contribution in [0.2, 0.25) is 0 Å². The lowest BCUT2D eigenvalue weighted by Crippen LogP contribution is -2.23.